The molecule has 0 spiro atoms. The second kappa shape index (κ2) is 8.95. The minimum atomic E-state index is -0.153. The van der Waals surface area contributed by atoms with Gasteiger partial charge in [0, 0.05) is 29.9 Å². The molecule has 142 valence electrons. The molecule has 0 atom stereocenters. The summed E-state index contributed by atoms with van der Waals surface area (Å²) in [6, 6.07) is 5.53. The van der Waals surface area contributed by atoms with E-state index < -0.39 is 0 Å². The Labute approximate surface area is 162 Å². The van der Waals surface area contributed by atoms with Gasteiger partial charge >= 0.3 is 12.0 Å². The highest BCUT2D eigenvalue weighted by atomic mass is 35.5. The Balaban J connectivity index is 1.56. The summed E-state index contributed by atoms with van der Waals surface area (Å²) in [5.41, 5.74) is 2.08. The SMILES string of the molecule is COC(=O)C[C@H]1CC[C@H](Oc2ncc(-c3ccc(C=O)c(Cl)c3)cn2)CC1. The van der Waals surface area contributed by atoms with Crippen LogP contribution in [0.5, 0.6) is 6.01 Å². The molecule has 0 N–H and O–H groups in total. The molecular weight excluding hydrogens is 368 g/mol. The number of methoxy groups -OCH3 is 1. The normalized spacial score (nSPS) is 19.3. The summed E-state index contributed by atoms with van der Waals surface area (Å²) in [6.07, 6.45) is 8.21. The number of carbonyl (C=O) groups excluding carboxylic acids is 2. The lowest BCUT2D eigenvalue weighted by atomic mass is 9.85. The smallest absolute Gasteiger partial charge is 0.316 e. The van der Waals surface area contributed by atoms with Gasteiger partial charge in [0.15, 0.2) is 6.29 Å². The summed E-state index contributed by atoms with van der Waals surface area (Å²) in [4.78, 5) is 30.8. The highest BCUT2D eigenvalue weighted by Gasteiger charge is 2.25. The molecular formula is C20H21ClN2O4. The highest BCUT2D eigenvalue weighted by molar-refractivity contribution is 6.33. The van der Waals surface area contributed by atoms with Gasteiger partial charge in [-0.15, -0.1) is 0 Å². The van der Waals surface area contributed by atoms with E-state index in [9.17, 15) is 9.59 Å². The van der Waals surface area contributed by atoms with Crippen molar-refractivity contribution in [1.82, 2.24) is 9.97 Å². The molecule has 7 heteroatoms. The number of halogens is 1. The van der Waals surface area contributed by atoms with Gasteiger partial charge in [0.25, 0.3) is 0 Å². The van der Waals surface area contributed by atoms with Crippen LogP contribution >= 0.6 is 11.6 Å². The van der Waals surface area contributed by atoms with Gasteiger partial charge in [-0.1, -0.05) is 17.7 Å². The molecule has 1 fully saturated rings. The van der Waals surface area contributed by atoms with Gasteiger partial charge < -0.3 is 9.47 Å². The van der Waals surface area contributed by atoms with Gasteiger partial charge in [-0.25, -0.2) is 9.97 Å². The summed E-state index contributed by atoms with van der Waals surface area (Å²) in [5, 5.41) is 0.395. The fraction of sp³-hybridized carbons (Fsp3) is 0.400. The molecule has 1 aromatic carbocycles. The molecule has 1 aromatic heterocycles. The lowest BCUT2D eigenvalue weighted by molar-refractivity contribution is -0.142. The fourth-order valence-corrected chi connectivity index (χ4v) is 3.48. The van der Waals surface area contributed by atoms with Crippen molar-refractivity contribution >= 4 is 23.9 Å². The molecule has 0 radical (unpaired) electrons. The summed E-state index contributed by atoms with van der Waals surface area (Å²) in [6.45, 7) is 0. The minimum absolute atomic E-state index is 0.0612. The summed E-state index contributed by atoms with van der Waals surface area (Å²) in [7, 11) is 1.42. The van der Waals surface area contributed by atoms with Gasteiger partial charge in [0.1, 0.15) is 6.10 Å². The average molecular weight is 389 g/mol. The third-order valence-corrected chi connectivity index (χ3v) is 5.17. The van der Waals surface area contributed by atoms with Crippen LogP contribution in [0.15, 0.2) is 30.6 Å². The molecule has 1 aliphatic carbocycles. The van der Waals surface area contributed by atoms with E-state index in [4.69, 9.17) is 21.1 Å². The van der Waals surface area contributed by atoms with Gasteiger partial charge in [-0.3, -0.25) is 9.59 Å². The van der Waals surface area contributed by atoms with E-state index in [1.807, 2.05) is 0 Å². The largest absolute Gasteiger partial charge is 0.469 e. The maximum atomic E-state index is 11.4. The predicted molar refractivity (Wildman–Crippen MR) is 101 cm³/mol. The monoisotopic (exact) mass is 388 g/mol. The zero-order valence-corrected chi connectivity index (χ0v) is 15.8. The molecule has 3 rings (SSSR count). The third-order valence-electron chi connectivity index (χ3n) is 4.84. The van der Waals surface area contributed by atoms with Crippen LogP contribution in [0, 0.1) is 5.92 Å². The minimum Gasteiger partial charge on any atom is -0.469 e. The number of aldehydes is 1. The fourth-order valence-electron chi connectivity index (χ4n) is 3.25. The van der Waals surface area contributed by atoms with Crippen molar-refractivity contribution in [1.29, 1.82) is 0 Å². The van der Waals surface area contributed by atoms with Crippen LogP contribution in [-0.2, 0) is 9.53 Å². The lowest BCUT2D eigenvalue weighted by Crippen LogP contribution is -2.26. The summed E-state index contributed by atoms with van der Waals surface area (Å²) in [5.74, 6) is 0.208. The van der Waals surface area contributed by atoms with Gasteiger partial charge in [0.2, 0.25) is 0 Å². The van der Waals surface area contributed by atoms with E-state index >= 15 is 0 Å². The second-order valence-corrected chi connectivity index (χ2v) is 7.06. The van der Waals surface area contributed by atoms with Crippen LogP contribution in [0.4, 0.5) is 0 Å². The van der Waals surface area contributed by atoms with Crippen molar-refractivity contribution in [3.8, 4) is 17.1 Å². The van der Waals surface area contributed by atoms with Crippen LogP contribution in [0.2, 0.25) is 5.02 Å². The first-order valence-electron chi connectivity index (χ1n) is 8.89. The zero-order chi connectivity index (χ0) is 19.2. The molecule has 1 aliphatic rings. The first-order valence-corrected chi connectivity index (χ1v) is 9.27. The second-order valence-electron chi connectivity index (χ2n) is 6.65. The highest BCUT2D eigenvalue weighted by Crippen LogP contribution is 2.29. The van der Waals surface area contributed by atoms with Gasteiger partial charge in [0.05, 0.1) is 12.1 Å². The Kier molecular flexibility index (Phi) is 6.40. The number of hydrogen-bond acceptors (Lipinski definition) is 6. The number of benzene rings is 1. The number of ether oxygens (including phenoxy) is 2. The van der Waals surface area contributed by atoms with Crippen LogP contribution in [-0.4, -0.2) is 35.4 Å². The zero-order valence-electron chi connectivity index (χ0n) is 15.1. The van der Waals surface area contributed by atoms with E-state index in [0.29, 0.717) is 28.9 Å². The number of hydrogen-bond donors (Lipinski definition) is 0. The molecule has 1 heterocycles. The maximum absolute atomic E-state index is 11.4. The predicted octanol–water partition coefficient (Wildman–Crippen LogP) is 4.11. The maximum Gasteiger partial charge on any atom is 0.316 e. The molecule has 0 unspecified atom stereocenters. The molecule has 6 nitrogen and oxygen atoms in total. The Hall–Kier alpha value is -2.47. The summed E-state index contributed by atoms with van der Waals surface area (Å²) >= 11 is 6.07. The molecule has 1 saturated carbocycles. The van der Waals surface area contributed by atoms with Crippen molar-refractivity contribution in [2.45, 2.75) is 38.2 Å². The molecule has 0 amide bonds. The number of carbonyl (C=O) groups is 2. The number of nitrogens with zero attached hydrogens (tertiary/aromatic N) is 2. The first kappa shape index (κ1) is 19.3. The first-order chi connectivity index (χ1) is 13.1. The number of aromatic nitrogens is 2. The quantitative estimate of drug-likeness (QED) is 0.547. The molecule has 0 aliphatic heterocycles. The topological polar surface area (TPSA) is 78.4 Å². The van der Waals surface area contributed by atoms with Crippen molar-refractivity contribution in [2.24, 2.45) is 5.92 Å². The van der Waals surface area contributed by atoms with Crippen LogP contribution in [0.1, 0.15) is 42.5 Å². The standard InChI is InChI=1S/C20H21ClN2O4/c1-26-19(25)8-13-2-6-17(7-3-13)27-20-22-10-16(11-23-20)14-4-5-15(12-24)18(21)9-14/h4-5,9-13,17H,2-3,6-8H2,1H3/t13-,17-. The number of esters is 1. The van der Waals surface area contributed by atoms with E-state index in [1.165, 1.54) is 7.11 Å². The summed E-state index contributed by atoms with van der Waals surface area (Å²) < 4.78 is 10.6. The van der Waals surface area contributed by atoms with Crippen molar-refractivity contribution in [3.63, 3.8) is 0 Å². The Bertz CT molecular complexity index is 802. The molecule has 27 heavy (non-hydrogen) atoms. The van der Waals surface area contributed by atoms with Crippen molar-refractivity contribution in [2.75, 3.05) is 7.11 Å². The van der Waals surface area contributed by atoms with Crippen molar-refractivity contribution < 1.29 is 19.1 Å². The third kappa shape index (κ3) is 5.04. The Morgan fingerprint density at radius 3 is 2.48 bits per heavy atom. The van der Waals surface area contributed by atoms with Crippen LogP contribution in [0.25, 0.3) is 11.1 Å². The van der Waals surface area contributed by atoms with Crippen LogP contribution < -0.4 is 4.74 Å². The van der Waals surface area contributed by atoms with E-state index in [1.54, 1.807) is 30.6 Å². The average Bonchev–Trinajstić information content (AvgIpc) is 2.70. The van der Waals surface area contributed by atoms with E-state index in [2.05, 4.69) is 9.97 Å². The van der Waals surface area contributed by atoms with Gasteiger partial charge in [-0.05, 0) is 49.3 Å². The molecule has 0 bridgehead atoms. The van der Waals surface area contributed by atoms with Crippen LogP contribution in [0.3, 0.4) is 0 Å². The van der Waals surface area contributed by atoms with E-state index in [0.717, 1.165) is 43.1 Å². The number of rotatable bonds is 6. The van der Waals surface area contributed by atoms with Gasteiger partial charge in [-0.2, -0.15) is 0 Å². The molecule has 2 aromatic rings. The Morgan fingerprint density at radius 2 is 1.89 bits per heavy atom. The van der Waals surface area contributed by atoms with Crippen molar-refractivity contribution in [3.05, 3.63) is 41.2 Å². The molecule has 0 saturated heterocycles. The Morgan fingerprint density at radius 1 is 1.19 bits per heavy atom. The van der Waals surface area contributed by atoms with E-state index in [-0.39, 0.29) is 12.1 Å². The lowest BCUT2D eigenvalue weighted by Gasteiger charge is -2.27.